The van der Waals surface area contributed by atoms with E-state index in [9.17, 15) is 27.1 Å². The molecule has 4 aromatic rings. The average molecular weight is 502 g/mol. The van der Waals surface area contributed by atoms with Gasteiger partial charge in [0.05, 0.1) is 12.3 Å². The fraction of sp³-hybridized carbons (Fsp3) is 0.222. The summed E-state index contributed by atoms with van der Waals surface area (Å²) in [7, 11) is 0. The van der Waals surface area contributed by atoms with Crippen molar-refractivity contribution in [2.45, 2.75) is 32.1 Å². The Hall–Kier alpha value is -3.72. The van der Waals surface area contributed by atoms with Crippen molar-refractivity contribution < 1.29 is 31.8 Å². The molecule has 0 amide bonds. The van der Waals surface area contributed by atoms with E-state index in [-0.39, 0.29) is 29.4 Å². The first-order valence-corrected chi connectivity index (χ1v) is 11.1. The molecule has 0 saturated heterocycles. The molecule has 0 spiro atoms. The van der Waals surface area contributed by atoms with Gasteiger partial charge in [0, 0.05) is 35.9 Å². The van der Waals surface area contributed by atoms with Gasteiger partial charge in [0.1, 0.15) is 11.6 Å². The minimum Gasteiger partial charge on any atom is -0.406 e. The third kappa shape index (κ3) is 5.57. The molecule has 0 aliphatic rings. The van der Waals surface area contributed by atoms with Crippen molar-refractivity contribution >= 4 is 0 Å². The third-order valence-corrected chi connectivity index (χ3v) is 5.71. The number of benzene rings is 3. The molecular formula is C27H23F5N2O2. The van der Waals surface area contributed by atoms with Crippen molar-refractivity contribution in [3.8, 4) is 34.0 Å². The van der Waals surface area contributed by atoms with Crippen molar-refractivity contribution in [2.24, 2.45) is 0 Å². The summed E-state index contributed by atoms with van der Waals surface area (Å²) < 4.78 is 71.6. The highest BCUT2D eigenvalue weighted by molar-refractivity contribution is 5.68. The first-order chi connectivity index (χ1) is 17.0. The van der Waals surface area contributed by atoms with E-state index < -0.39 is 12.3 Å². The predicted molar refractivity (Wildman–Crippen MR) is 126 cm³/mol. The zero-order valence-corrected chi connectivity index (χ0v) is 19.4. The molecule has 0 bridgehead atoms. The molecular weight excluding hydrogens is 479 g/mol. The molecule has 188 valence electrons. The van der Waals surface area contributed by atoms with Gasteiger partial charge >= 0.3 is 6.36 Å². The van der Waals surface area contributed by atoms with Crippen LogP contribution in [-0.2, 0) is 5.92 Å². The van der Waals surface area contributed by atoms with E-state index in [2.05, 4.69) is 9.72 Å². The molecule has 1 atom stereocenters. The quantitative estimate of drug-likeness (QED) is 0.270. The van der Waals surface area contributed by atoms with Crippen LogP contribution in [0.25, 0.3) is 28.2 Å². The molecule has 1 heterocycles. The Kier molecular flexibility index (Phi) is 6.86. The lowest BCUT2D eigenvalue weighted by atomic mass is 10.0. The van der Waals surface area contributed by atoms with Crippen LogP contribution in [0.1, 0.15) is 31.0 Å². The van der Waals surface area contributed by atoms with Crippen molar-refractivity contribution in [1.82, 2.24) is 9.55 Å². The number of aliphatic hydroxyl groups is 1. The standard InChI is InChI=1S/C27H23F5N2O2/c1-17(16-35)24-15-34(25(33-24)22-5-3-4-6-23(22)26(2,28)29)20-11-7-18(8-12-20)19-9-13-21(14-10-19)36-27(30,31)32/h3-15,17,35H,16H2,1-2H3. The summed E-state index contributed by atoms with van der Waals surface area (Å²) in [6.45, 7) is 2.46. The van der Waals surface area contributed by atoms with Gasteiger partial charge in [-0.15, -0.1) is 13.2 Å². The summed E-state index contributed by atoms with van der Waals surface area (Å²) in [5, 5.41) is 9.62. The second-order valence-electron chi connectivity index (χ2n) is 8.50. The van der Waals surface area contributed by atoms with Gasteiger partial charge in [0.2, 0.25) is 0 Å². The lowest BCUT2D eigenvalue weighted by Crippen LogP contribution is -2.16. The van der Waals surface area contributed by atoms with E-state index in [1.54, 1.807) is 60.2 Å². The van der Waals surface area contributed by atoms with E-state index in [4.69, 9.17) is 0 Å². The van der Waals surface area contributed by atoms with Gasteiger partial charge in [-0.3, -0.25) is 4.57 Å². The smallest absolute Gasteiger partial charge is 0.406 e. The second kappa shape index (κ2) is 9.73. The molecule has 3 aromatic carbocycles. The Bertz CT molecular complexity index is 1320. The van der Waals surface area contributed by atoms with Crippen LogP contribution in [0.2, 0.25) is 0 Å². The zero-order chi connectivity index (χ0) is 26.1. The normalized spacial score (nSPS) is 13.0. The second-order valence-corrected chi connectivity index (χ2v) is 8.50. The Balaban J connectivity index is 1.73. The van der Waals surface area contributed by atoms with Crippen LogP contribution in [-0.4, -0.2) is 27.6 Å². The van der Waals surface area contributed by atoms with Crippen molar-refractivity contribution in [2.75, 3.05) is 6.61 Å². The molecule has 4 nitrogen and oxygen atoms in total. The summed E-state index contributed by atoms with van der Waals surface area (Å²) in [4.78, 5) is 4.59. The van der Waals surface area contributed by atoms with Gasteiger partial charge in [0.25, 0.3) is 5.92 Å². The summed E-state index contributed by atoms with van der Waals surface area (Å²) in [6, 6.07) is 18.7. The monoisotopic (exact) mass is 502 g/mol. The van der Waals surface area contributed by atoms with Crippen LogP contribution in [0.15, 0.2) is 79.0 Å². The van der Waals surface area contributed by atoms with E-state index in [1.165, 1.54) is 30.3 Å². The summed E-state index contributed by atoms with van der Waals surface area (Å²) >= 11 is 0. The minimum atomic E-state index is -4.77. The van der Waals surface area contributed by atoms with Crippen molar-refractivity contribution in [3.63, 3.8) is 0 Å². The number of hydrogen-bond acceptors (Lipinski definition) is 3. The highest BCUT2D eigenvalue weighted by atomic mass is 19.4. The van der Waals surface area contributed by atoms with Gasteiger partial charge in [-0.05, 0) is 35.4 Å². The molecule has 1 unspecified atom stereocenters. The number of alkyl halides is 5. The Labute approximate surface area is 204 Å². The number of nitrogens with zero attached hydrogens (tertiary/aromatic N) is 2. The Morgan fingerprint density at radius 2 is 1.47 bits per heavy atom. The van der Waals surface area contributed by atoms with Gasteiger partial charge in [0.15, 0.2) is 0 Å². The summed E-state index contributed by atoms with van der Waals surface area (Å²) in [6.07, 6.45) is -3.06. The molecule has 4 rings (SSSR count). The molecule has 0 fully saturated rings. The Morgan fingerprint density at radius 1 is 0.889 bits per heavy atom. The lowest BCUT2D eigenvalue weighted by Gasteiger charge is -2.16. The maximum Gasteiger partial charge on any atom is 0.573 e. The topological polar surface area (TPSA) is 47.3 Å². The van der Waals surface area contributed by atoms with Crippen LogP contribution < -0.4 is 4.74 Å². The fourth-order valence-corrected chi connectivity index (χ4v) is 3.84. The largest absolute Gasteiger partial charge is 0.573 e. The highest BCUT2D eigenvalue weighted by Crippen LogP contribution is 2.37. The van der Waals surface area contributed by atoms with Crippen LogP contribution in [0.3, 0.4) is 0 Å². The highest BCUT2D eigenvalue weighted by Gasteiger charge is 2.31. The molecule has 0 saturated carbocycles. The van der Waals surface area contributed by atoms with Gasteiger partial charge in [-0.2, -0.15) is 0 Å². The Morgan fingerprint density at radius 3 is 2.03 bits per heavy atom. The summed E-state index contributed by atoms with van der Waals surface area (Å²) in [5.74, 6) is -3.41. The van der Waals surface area contributed by atoms with Crippen LogP contribution in [0.4, 0.5) is 22.0 Å². The number of imidazole rings is 1. The number of aliphatic hydroxyl groups excluding tert-OH is 1. The van der Waals surface area contributed by atoms with E-state index in [0.717, 1.165) is 12.5 Å². The average Bonchev–Trinajstić information content (AvgIpc) is 3.28. The molecule has 0 radical (unpaired) electrons. The molecule has 9 heteroatoms. The minimum absolute atomic E-state index is 0.158. The predicted octanol–water partition coefficient (Wildman–Crippen LogP) is 7.31. The molecule has 36 heavy (non-hydrogen) atoms. The zero-order valence-electron chi connectivity index (χ0n) is 19.4. The molecule has 0 aliphatic heterocycles. The van der Waals surface area contributed by atoms with Crippen molar-refractivity contribution in [3.05, 3.63) is 90.3 Å². The van der Waals surface area contributed by atoms with Crippen molar-refractivity contribution in [1.29, 1.82) is 0 Å². The number of aromatic nitrogens is 2. The van der Waals surface area contributed by atoms with E-state index in [0.29, 0.717) is 22.8 Å². The lowest BCUT2D eigenvalue weighted by molar-refractivity contribution is -0.274. The van der Waals surface area contributed by atoms with Gasteiger partial charge < -0.3 is 9.84 Å². The van der Waals surface area contributed by atoms with Gasteiger partial charge in [-0.1, -0.05) is 55.5 Å². The summed E-state index contributed by atoms with van der Waals surface area (Å²) in [5.41, 5.74) is 2.70. The third-order valence-electron chi connectivity index (χ3n) is 5.71. The number of rotatable bonds is 7. The van der Waals surface area contributed by atoms with Gasteiger partial charge in [-0.25, -0.2) is 13.8 Å². The first kappa shape index (κ1) is 25.4. The fourth-order valence-electron chi connectivity index (χ4n) is 3.84. The van der Waals surface area contributed by atoms with E-state index in [1.807, 2.05) is 0 Å². The van der Waals surface area contributed by atoms with Crippen LogP contribution in [0.5, 0.6) is 5.75 Å². The van der Waals surface area contributed by atoms with Crippen LogP contribution in [0, 0.1) is 0 Å². The first-order valence-electron chi connectivity index (χ1n) is 11.1. The molecule has 0 aliphatic carbocycles. The SMILES string of the molecule is CC(CO)c1cn(-c2ccc(-c3ccc(OC(F)(F)F)cc3)cc2)c(-c2ccccc2C(C)(F)F)n1. The number of halogens is 5. The maximum absolute atomic E-state index is 14.4. The van der Waals surface area contributed by atoms with Crippen LogP contribution >= 0.6 is 0 Å². The number of ether oxygens (including phenoxy) is 1. The number of hydrogen-bond donors (Lipinski definition) is 1. The molecule has 1 N–H and O–H groups in total. The molecule has 1 aromatic heterocycles. The maximum atomic E-state index is 14.4. The van der Waals surface area contributed by atoms with E-state index >= 15 is 0 Å².